The number of benzene rings is 2. The van der Waals surface area contributed by atoms with Crippen LogP contribution in [0.5, 0.6) is 11.5 Å². The highest BCUT2D eigenvalue weighted by Gasteiger charge is 2.11. The molecule has 0 fully saturated rings. The molecule has 0 aliphatic rings. The van der Waals surface area contributed by atoms with Crippen LogP contribution in [-0.2, 0) is 4.79 Å². The van der Waals surface area contributed by atoms with E-state index in [1.165, 1.54) is 18.2 Å². The molecule has 1 N–H and O–H groups in total. The Kier molecular flexibility index (Phi) is 6.78. The van der Waals surface area contributed by atoms with Crippen LogP contribution in [0.3, 0.4) is 0 Å². The summed E-state index contributed by atoms with van der Waals surface area (Å²) < 4.78 is 5.54. The fraction of sp³-hybridized carbons (Fsp3) is 0.0667. The van der Waals surface area contributed by atoms with Crippen molar-refractivity contribution in [3.05, 3.63) is 60.5 Å². The SMILES string of the molecule is O=C(COc1cc(Cl)ccc1Cl)N/N=C\c1cc(Br)cc([N+](=O)[O-])c1[O-]. The monoisotopic (exact) mass is 460 g/mol. The minimum atomic E-state index is -0.821. The van der Waals surface area contributed by atoms with Crippen molar-refractivity contribution in [1.29, 1.82) is 0 Å². The van der Waals surface area contributed by atoms with Gasteiger partial charge in [-0.3, -0.25) is 14.9 Å². The lowest BCUT2D eigenvalue weighted by Crippen LogP contribution is -2.24. The van der Waals surface area contributed by atoms with Crippen molar-refractivity contribution in [3.63, 3.8) is 0 Å². The number of nitro benzene ring substituents is 1. The summed E-state index contributed by atoms with van der Waals surface area (Å²) in [6.45, 7) is -0.403. The number of carbonyl (C=O) groups excluding carboxylic acids is 1. The predicted octanol–water partition coefficient (Wildman–Crippen LogP) is 3.27. The van der Waals surface area contributed by atoms with E-state index in [1.54, 1.807) is 6.07 Å². The van der Waals surface area contributed by atoms with Gasteiger partial charge in [0.1, 0.15) is 5.75 Å². The van der Waals surface area contributed by atoms with Gasteiger partial charge in [-0.05, 0) is 29.5 Å². The van der Waals surface area contributed by atoms with Crippen molar-refractivity contribution in [2.75, 3.05) is 6.61 Å². The molecule has 11 heteroatoms. The minimum Gasteiger partial charge on any atom is -0.867 e. The maximum Gasteiger partial charge on any atom is 0.277 e. The quantitative estimate of drug-likeness (QED) is 0.402. The fourth-order valence-corrected chi connectivity index (χ4v) is 2.57. The number of ether oxygens (including phenoxy) is 1. The van der Waals surface area contributed by atoms with Crippen molar-refractivity contribution in [2.24, 2.45) is 5.10 Å². The van der Waals surface area contributed by atoms with E-state index in [2.05, 4.69) is 26.5 Å². The number of carbonyl (C=O) groups is 1. The van der Waals surface area contributed by atoms with Gasteiger partial charge < -0.3 is 9.84 Å². The highest BCUT2D eigenvalue weighted by molar-refractivity contribution is 9.10. The molecule has 8 nitrogen and oxygen atoms in total. The average molecular weight is 462 g/mol. The van der Waals surface area contributed by atoms with Crippen LogP contribution in [0, 0.1) is 10.1 Å². The number of nitro groups is 1. The second kappa shape index (κ2) is 8.84. The summed E-state index contributed by atoms with van der Waals surface area (Å²) >= 11 is 14.8. The number of amides is 1. The van der Waals surface area contributed by atoms with Crippen molar-refractivity contribution in [3.8, 4) is 11.5 Å². The van der Waals surface area contributed by atoms with Gasteiger partial charge in [-0.15, -0.1) is 0 Å². The molecule has 26 heavy (non-hydrogen) atoms. The lowest BCUT2D eigenvalue weighted by molar-refractivity contribution is -0.398. The van der Waals surface area contributed by atoms with Gasteiger partial charge in [0.05, 0.1) is 16.2 Å². The number of nitrogens with zero attached hydrogens (tertiary/aromatic N) is 2. The molecule has 2 aromatic carbocycles. The summed E-state index contributed by atoms with van der Waals surface area (Å²) in [7, 11) is 0. The van der Waals surface area contributed by atoms with Gasteiger partial charge in [0.15, 0.2) is 6.61 Å². The Bertz CT molecular complexity index is 892. The van der Waals surface area contributed by atoms with Crippen molar-refractivity contribution in [1.82, 2.24) is 5.43 Å². The topological polar surface area (TPSA) is 117 Å². The third-order valence-corrected chi connectivity index (χ3v) is 3.91. The normalized spacial score (nSPS) is 10.7. The average Bonchev–Trinajstić information content (AvgIpc) is 2.58. The second-order valence-corrected chi connectivity index (χ2v) is 6.52. The summed E-state index contributed by atoms with van der Waals surface area (Å²) in [6, 6.07) is 6.96. The molecule has 0 atom stereocenters. The molecule has 0 spiro atoms. The van der Waals surface area contributed by atoms with Crippen LogP contribution in [-0.4, -0.2) is 23.7 Å². The lowest BCUT2D eigenvalue weighted by Gasteiger charge is -2.11. The van der Waals surface area contributed by atoms with E-state index in [9.17, 15) is 20.0 Å². The van der Waals surface area contributed by atoms with Gasteiger partial charge in [0.25, 0.3) is 11.6 Å². The first-order chi connectivity index (χ1) is 12.3. The Morgan fingerprint density at radius 2 is 2.08 bits per heavy atom. The molecule has 0 unspecified atom stereocenters. The van der Waals surface area contributed by atoms with Crippen LogP contribution < -0.4 is 15.3 Å². The number of halogens is 3. The summed E-state index contributed by atoms with van der Waals surface area (Å²) in [5, 5.41) is 27.0. The Morgan fingerprint density at radius 1 is 1.35 bits per heavy atom. The first kappa shape index (κ1) is 20.0. The predicted molar refractivity (Wildman–Crippen MR) is 97.9 cm³/mol. The maximum absolute atomic E-state index is 11.9. The van der Waals surface area contributed by atoms with Gasteiger partial charge in [-0.2, -0.15) is 5.10 Å². The number of hydrogen-bond acceptors (Lipinski definition) is 6. The molecule has 0 saturated carbocycles. The Labute approximate surface area is 165 Å². The van der Waals surface area contributed by atoms with Gasteiger partial charge in [0.2, 0.25) is 0 Å². The zero-order chi connectivity index (χ0) is 19.3. The third kappa shape index (κ3) is 5.32. The molecule has 0 aromatic heterocycles. The van der Waals surface area contributed by atoms with Crippen molar-refractivity contribution < 1.29 is 19.6 Å². The molecular weight excluding hydrogens is 453 g/mol. The fourth-order valence-electron chi connectivity index (χ4n) is 1.77. The smallest absolute Gasteiger partial charge is 0.277 e. The molecule has 2 rings (SSSR count). The molecule has 0 radical (unpaired) electrons. The van der Waals surface area contributed by atoms with E-state index in [4.69, 9.17) is 27.9 Å². The van der Waals surface area contributed by atoms with E-state index in [1.807, 2.05) is 0 Å². The number of nitrogens with one attached hydrogen (secondary N) is 1. The molecule has 0 aliphatic heterocycles. The summed E-state index contributed by atoms with van der Waals surface area (Å²) in [5.41, 5.74) is 1.47. The van der Waals surface area contributed by atoms with Crippen LogP contribution in [0.15, 0.2) is 39.9 Å². The van der Waals surface area contributed by atoms with E-state index in [-0.39, 0.29) is 16.3 Å². The number of hydrazone groups is 1. The van der Waals surface area contributed by atoms with Crippen molar-refractivity contribution >= 4 is 56.9 Å². The first-order valence-corrected chi connectivity index (χ1v) is 8.37. The molecule has 0 saturated heterocycles. The van der Waals surface area contributed by atoms with Crippen molar-refractivity contribution in [2.45, 2.75) is 0 Å². The third-order valence-electron chi connectivity index (χ3n) is 2.90. The second-order valence-electron chi connectivity index (χ2n) is 4.76. The highest BCUT2D eigenvalue weighted by atomic mass is 79.9. The van der Waals surface area contributed by atoms with Gasteiger partial charge in [0, 0.05) is 21.6 Å². The summed E-state index contributed by atoms with van der Waals surface area (Å²) in [5.74, 6) is -1.23. The number of hydrogen-bond donors (Lipinski definition) is 1. The van der Waals surface area contributed by atoms with Crippen LogP contribution >= 0.6 is 39.1 Å². The standard InChI is InChI=1S/C15H10BrCl2N3O5/c16-9-3-8(15(23)12(4-9)21(24)25)6-19-20-14(22)7-26-13-5-10(17)1-2-11(13)18/h1-6,23H,7H2,(H,20,22)/p-1/b19-6-. The molecule has 136 valence electrons. The minimum absolute atomic E-state index is 0.0646. The van der Waals surface area contributed by atoms with E-state index in [0.717, 1.165) is 12.3 Å². The Morgan fingerprint density at radius 3 is 2.77 bits per heavy atom. The molecular formula is C15H9BrCl2N3O5-. The highest BCUT2D eigenvalue weighted by Crippen LogP contribution is 2.30. The molecule has 1 amide bonds. The Hall–Kier alpha value is -2.36. The zero-order valence-corrected chi connectivity index (χ0v) is 15.8. The van der Waals surface area contributed by atoms with Crippen LogP contribution in [0.25, 0.3) is 0 Å². The molecule has 2 aromatic rings. The molecule has 0 aliphatic carbocycles. The van der Waals surface area contributed by atoms with Crippen LogP contribution in [0.1, 0.15) is 5.56 Å². The van der Waals surface area contributed by atoms with Gasteiger partial charge >= 0.3 is 0 Å². The zero-order valence-electron chi connectivity index (χ0n) is 12.7. The number of rotatable bonds is 6. The maximum atomic E-state index is 11.9. The van der Waals surface area contributed by atoms with Gasteiger partial charge in [-0.25, -0.2) is 5.43 Å². The van der Waals surface area contributed by atoms with Crippen LogP contribution in [0.4, 0.5) is 5.69 Å². The molecule has 0 bridgehead atoms. The summed E-state index contributed by atoms with van der Waals surface area (Å²) in [6.07, 6.45) is 1.00. The van der Waals surface area contributed by atoms with E-state index in [0.29, 0.717) is 9.50 Å². The van der Waals surface area contributed by atoms with E-state index >= 15 is 0 Å². The van der Waals surface area contributed by atoms with Crippen LogP contribution in [0.2, 0.25) is 10.0 Å². The first-order valence-electron chi connectivity index (χ1n) is 6.82. The Balaban J connectivity index is 1.99. The lowest BCUT2D eigenvalue weighted by atomic mass is 10.2. The molecule has 0 heterocycles. The largest absolute Gasteiger partial charge is 0.867 e. The van der Waals surface area contributed by atoms with E-state index < -0.39 is 28.9 Å². The van der Waals surface area contributed by atoms with Gasteiger partial charge in [-0.1, -0.05) is 39.1 Å². The summed E-state index contributed by atoms with van der Waals surface area (Å²) in [4.78, 5) is 21.7.